The third kappa shape index (κ3) is 7.08. The molecular formula is C10H16O. The van der Waals surface area contributed by atoms with Crippen molar-refractivity contribution in [2.75, 3.05) is 0 Å². The molecule has 0 amide bonds. The molecule has 0 saturated heterocycles. The highest BCUT2D eigenvalue weighted by atomic mass is 16.1. The van der Waals surface area contributed by atoms with Gasteiger partial charge in [-0.05, 0) is 32.1 Å². The highest BCUT2D eigenvalue weighted by Gasteiger charge is 1.96. The second kappa shape index (κ2) is 5.94. The van der Waals surface area contributed by atoms with E-state index in [1.54, 1.807) is 6.08 Å². The van der Waals surface area contributed by atoms with Crippen molar-refractivity contribution < 1.29 is 4.79 Å². The van der Waals surface area contributed by atoms with Crippen LogP contribution in [0, 0.1) is 5.92 Å². The Morgan fingerprint density at radius 3 is 2.82 bits per heavy atom. The molecule has 1 atom stereocenters. The van der Waals surface area contributed by atoms with E-state index in [2.05, 4.69) is 6.58 Å². The molecule has 0 saturated carbocycles. The van der Waals surface area contributed by atoms with Crippen LogP contribution in [0.4, 0.5) is 0 Å². The van der Waals surface area contributed by atoms with Gasteiger partial charge in [-0.1, -0.05) is 12.5 Å². The maximum Gasteiger partial charge on any atom is 0.120 e. The normalized spacial score (nSPS) is 11.8. The molecule has 1 nitrogen and oxygen atoms in total. The van der Waals surface area contributed by atoms with Gasteiger partial charge < -0.3 is 0 Å². The van der Waals surface area contributed by atoms with Gasteiger partial charge in [0.25, 0.3) is 0 Å². The molecule has 62 valence electrons. The quantitative estimate of drug-likeness (QED) is 0.437. The zero-order valence-corrected chi connectivity index (χ0v) is 7.39. The molecule has 1 heteroatoms. The third-order valence-corrected chi connectivity index (χ3v) is 1.62. The Morgan fingerprint density at radius 2 is 2.36 bits per heavy atom. The molecule has 0 bridgehead atoms. The van der Waals surface area contributed by atoms with Crippen LogP contribution in [0.25, 0.3) is 0 Å². The lowest BCUT2D eigenvalue weighted by Crippen LogP contribution is -1.89. The molecule has 0 fully saturated rings. The lowest BCUT2D eigenvalue weighted by atomic mass is 10.0. The summed E-state index contributed by atoms with van der Waals surface area (Å²) in [7, 11) is 0. The SMILES string of the molecule is C=C(C)CCCC(C)C=C=O. The van der Waals surface area contributed by atoms with Crippen LogP contribution in [0.2, 0.25) is 0 Å². The Kier molecular flexibility index (Phi) is 5.50. The van der Waals surface area contributed by atoms with Crippen LogP contribution in [0.1, 0.15) is 33.1 Å². The number of allylic oxidation sites excluding steroid dienone is 2. The van der Waals surface area contributed by atoms with Crippen LogP contribution in [-0.2, 0) is 4.79 Å². The summed E-state index contributed by atoms with van der Waals surface area (Å²) < 4.78 is 0. The smallest absolute Gasteiger partial charge is 0.120 e. The summed E-state index contributed by atoms with van der Waals surface area (Å²) in [5.74, 6) is 2.18. The first-order valence-corrected chi connectivity index (χ1v) is 4.02. The number of rotatable bonds is 5. The fourth-order valence-electron chi connectivity index (χ4n) is 0.925. The standard InChI is InChI=1S/C10H16O/c1-9(2)5-4-6-10(3)7-8-11/h7,10H,1,4-6H2,2-3H3. The van der Waals surface area contributed by atoms with Gasteiger partial charge in [0, 0.05) is 6.08 Å². The molecule has 0 aromatic rings. The van der Waals surface area contributed by atoms with Crippen LogP contribution in [0.5, 0.6) is 0 Å². The van der Waals surface area contributed by atoms with E-state index in [4.69, 9.17) is 0 Å². The van der Waals surface area contributed by atoms with Crippen LogP contribution >= 0.6 is 0 Å². The van der Waals surface area contributed by atoms with E-state index in [0.717, 1.165) is 19.3 Å². The Balaban J connectivity index is 3.38. The molecule has 0 aromatic heterocycles. The second-order valence-corrected chi connectivity index (χ2v) is 3.11. The Morgan fingerprint density at radius 1 is 1.73 bits per heavy atom. The molecule has 0 spiro atoms. The maximum atomic E-state index is 9.91. The number of hydrogen-bond donors (Lipinski definition) is 0. The lowest BCUT2D eigenvalue weighted by molar-refractivity contribution is 0.559. The topological polar surface area (TPSA) is 17.1 Å². The van der Waals surface area contributed by atoms with E-state index in [0.29, 0.717) is 5.92 Å². The van der Waals surface area contributed by atoms with E-state index < -0.39 is 0 Å². The average molecular weight is 152 g/mol. The fourth-order valence-corrected chi connectivity index (χ4v) is 0.925. The first-order valence-electron chi connectivity index (χ1n) is 4.02. The average Bonchev–Trinajstić information content (AvgIpc) is 1.87. The lowest BCUT2D eigenvalue weighted by Gasteiger charge is -2.02. The third-order valence-electron chi connectivity index (χ3n) is 1.62. The van der Waals surface area contributed by atoms with Crippen LogP contribution in [0.3, 0.4) is 0 Å². The summed E-state index contributed by atoms with van der Waals surface area (Å²) in [5.41, 5.74) is 1.22. The minimum Gasteiger partial charge on any atom is -0.234 e. The van der Waals surface area contributed by atoms with Gasteiger partial charge in [-0.2, -0.15) is 0 Å². The van der Waals surface area contributed by atoms with Crippen LogP contribution in [0.15, 0.2) is 18.2 Å². The number of carbonyl (C=O) groups excluding carboxylic acids is 1. The van der Waals surface area contributed by atoms with Gasteiger partial charge in [0.2, 0.25) is 0 Å². The van der Waals surface area contributed by atoms with E-state index in [1.807, 2.05) is 19.8 Å². The maximum absolute atomic E-state index is 9.91. The highest BCUT2D eigenvalue weighted by molar-refractivity contribution is 5.45. The van der Waals surface area contributed by atoms with Crippen LogP contribution in [-0.4, -0.2) is 5.94 Å². The van der Waals surface area contributed by atoms with E-state index >= 15 is 0 Å². The highest BCUT2D eigenvalue weighted by Crippen LogP contribution is 2.10. The van der Waals surface area contributed by atoms with E-state index in [-0.39, 0.29) is 0 Å². The Bertz CT molecular complexity index is 164. The van der Waals surface area contributed by atoms with Gasteiger partial charge >= 0.3 is 0 Å². The minimum absolute atomic E-state index is 0.367. The molecule has 11 heavy (non-hydrogen) atoms. The molecule has 0 N–H and O–H groups in total. The van der Waals surface area contributed by atoms with E-state index in [1.165, 1.54) is 5.57 Å². The van der Waals surface area contributed by atoms with Crippen molar-refractivity contribution >= 4 is 5.94 Å². The van der Waals surface area contributed by atoms with Crippen molar-refractivity contribution in [2.45, 2.75) is 33.1 Å². The molecule has 0 aromatic carbocycles. The first-order chi connectivity index (χ1) is 5.16. The summed E-state index contributed by atoms with van der Waals surface area (Å²) in [6.45, 7) is 7.87. The van der Waals surface area contributed by atoms with E-state index in [9.17, 15) is 4.79 Å². The molecule has 1 unspecified atom stereocenters. The summed E-state index contributed by atoms with van der Waals surface area (Å²) in [6.07, 6.45) is 4.83. The molecule has 0 radical (unpaired) electrons. The predicted octanol–water partition coefficient (Wildman–Crippen LogP) is 2.76. The number of hydrogen-bond acceptors (Lipinski definition) is 1. The van der Waals surface area contributed by atoms with Crippen molar-refractivity contribution in [2.24, 2.45) is 5.92 Å². The van der Waals surface area contributed by atoms with Crippen molar-refractivity contribution in [3.8, 4) is 0 Å². The zero-order chi connectivity index (χ0) is 8.69. The molecule has 0 aliphatic heterocycles. The van der Waals surface area contributed by atoms with Gasteiger partial charge in [0.05, 0.1) is 0 Å². The summed E-state index contributed by atoms with van der Waals surface area (Å²) in [5, 5.41) is 0. The Labute approximate surface area is 68.8 Å². The molecule has 0 aliphatic carbocycles. The summed E-state index contributed by atoms with van der Waals surface area (Å²) >= 11 is 0. The monoisotopic (exact) mass is 152 g/mol. The Hall–Kier alpha value is -0.810. The van der Waals surface area contributed by atoms with Crippen molar-refractivity contribution in [1.82, 2.24) is 0 Å². The van der Waals surface area contributed by atoms with Crippen molar-refractivity contribution in [3.05, 3.63) is 18.2 Å². The minimum atomic E-state index is 0.367. The largest absolute Gasteiger partial charge is 0.234 e. The van der Waals surface area contributed by atoms with Crippen LogP contribution < -0.4 is 0 Å². The fraction of sp³-hybridized carbons (Fsp3) is 0.600. The predicted molar refractivity (Wildman–Crippen MR) is 48.1 cm³/mol. The first kappa shape index (κ1) is 10.2. The van der Waals surface area contributed by atoms with Gasteiger partial charge in [0.15, 0.2) is 0 Å². The second-order valence-electron chi connectivity index (χ2n) is 3.11. The zero-order valence-electron chi connectivity index (χ0n) is 7.39. The molecule has 0 aliphatic rings. The van der Waals surface area contributed by atoms with Crippen molar-refractivity contribution in [3.63, 3.8) is 0 Å². The summed E-state index contributed by atoms with van der Waals surface area (Å²) in [6, 6.07) is 0. The van der Waals surface area contributed by atoms with Crippen molar-refractivity contribution in [1.29, 1.82) is 0 Å². The van der Waals surface area contributed by atoms with Gasteiger partial charge in [-0.25, -0.2) is 4.79 Å². The van der Waals surface area contributed by atoms with Gasteiger partial charge in [-0.15, -0.1) is 6.58 Å². The molecular weight excluding hydrogens is 136 g/mol. The van der Waals surface area contributed by atoms with Gasteiger partial charge in [-0.3, -0.25) is 0 Å². The van der Waals surface area contributed by atoms with Gasteiger partial charge in [0.1, 0.15) is 5.94 Å². The molecule has 0 rings (SSSR count). The summed E-state index contributed by atoms with van der Waals surface area (Å²) in [4.78, 5) is 9.91. The molecule has 0 heterocycles.